The van der Waals surface area contributed by atoms with Crippen molar-refractivity contribution in [2.75, 3.05) is 6.54 Å². The lowest BCUT2D eigenvalue weighted by atomic mass is 10.0. The van der Waals surface area contributed by atoms with Crippen LogP contribution in [0, 0.1) is 5.92 Å². The van der Waals surface area contributed by atoms with E-state index in [0.29, 0.717) is 6.54 Å². The van der Waals surface area contributed by atoms with E-state index in [1.165, 1.54) is 0 Å². The molecule has 8 heavy (non-hydrogen) atoms. The van der Waals surface area contributed by atoms with Crippen molar-refractivity contribution in [1.82, 2.24) is 4.90 Å². The smallest absolute Gasteiger partial charge is 0.246 e. The molecule has 0 aliphatic carbocycles. The number of hydrogen-bond acceptors (Lipinski definition) is 2. The van der Waals surface area contributed by atoms with Gasteiger partial charge in [0.15, 0.2) is 0 Å². The molecule has 0 aromatic carbocycles. The van der Waals surface area contributed by atoms with Crippen LogP contribution in [0.25, 0.3) is 0 Å². The van der Waals surface area contributed by atoms with Crippen molar-refractivity contribution in [3.05, 3.63) is 0 Å². The zero-order chi connectivity index (χ0) is 5.72. The average molecular weight is 111 g/mol. The maximum absolute atomic E-state index is 10.4. The zero-order valence-electron chi connectivity index (χ0n) is 4.20. The van der Waals surface area contributed by atoms with Crippen molar-refractivity contribution in [3.8, 4) is 0 Å². The minimum Gasteiger partial charge on any atom is -0.327 e. The van der Waals surface area contributed by atoms with Crippen LogP contribution < -0.4 is 0 Å². The highest BCUT2D eigenvalue weighted by molar-refractivity contribution is 6.02. The lowest BCUT2D eigenvalue weighted by Gasteiger charge is -2.17. The van der Waals surface area contributed by atoms with E-state index in [-0.39, 0.29) is 17.9 Å². The van der Waals surface area contributed by atoms with Gasteiger partial charge in [0.1, 0.15) is 12.3 Å². The third kappa shape index (κ3) is 0.240. The fourth-order valence-electron chi connectivity index (χ4n) is 1.15. The highest BCUT2D eigenvalue weighted by Crippen LogP contribution is 2.37. The Balaban J connectivity index is 2.11. The van der Waals surface area contributed by atoms with E-state index >= 15 is 0 Å². The van der Waals surface area contributed by atoms with E-state index in [1.807, 2.05) is 0 Å². The van der Waals surface area contributed by atoms with Gasteiger partial charge in [-0.1, -0.05) is 0 Å². The van der Waals surface area contributed by atoms with Crippen LogP contribution in [-0.4, -0.2) is 29.7 Å². The predicted molar refractivity (Wildman–Crippen MR) is 25.1 cm³/mol. The summed E-state index contributed by atoms with van der Waals surface area (Å²) in [6, 6.07) is 0.00694. The third-order valence-corrected chi connectivity index (χ3v) is 1.79. The maximum Gasteiger partial charge on any atom is 0.246 e. The summed E-state index contributed by atoms with van der Waals surface area (Å²) >= 11 is 0. The zero-order valence-corrected chi connectivity index (χ0v) is 4.20. The summed E-state index contributed by atoms with van der Waals surface area (Å²) < 4.78 is 0. The maximum atomic E-state index is 10.4. The van der Waals surface area contributed by atoms with E-state index < -0.39 is 0 Å². The van der Waals surface area contributed by atoms with Crippen molar-refractivity contribution in [1.29, 1.82) is 0 Å². The molecule has 2 heterocycles. The van der Waals surface area contributed by atoms with Crippen LogP contribution >= 0.6 is 0 Å². The number of carbonyl (C=O) groups excluding carboxylic acids is 2. The number of hydrogen-bond donors (Lipinski definition) is 0. The Morgan fingerprint density at radius 2 is 2.50 bits per heavy atom. The molecule has 0 aromatic rings. The van der Waals surface area contributed by atoms with E-state index in [9.17, 15) is 9.59 Å². The molecule has 3 nitrogen and oxygen atoms in total. The number of rotatable bonds is 1. The van der Waals surface area contributed by atoms with Gasteiger partial charge in [0.25, 0.3) is 0 Å². The summed E-state index contributed by atoms with van der Waals surface area (Å²) in [5.74, 6) is 0.185. The second-order valence-corrected chi connectivity index (χ2v) is 2.24. The van der Waals surface area contributed by atoms with Crippen LogP contribution in [-0.2, 0) is 9.59 Å². The minimum atomic E-state index is 0.00694. The van der Waals surface area contributed by atoms with Crippen LogP contribution in [0.2, 0.25) is 0 Å². The van der Waals surface area contributed by atoms with E-state index in [0.717, 1.165) is 6.29 Å². The molecule has 42 valence electrons. The lowest BCUT2D eigenvalue weighted by Crippen LogP contribution is -2.33. The normalized spacial score (nSPS) is 40.5. The summed E-state index contributed by atoms with van der Waals surface area (Å²) in [5, 5.41) is 0. The fraction of sp³-hybridized carbons (Fsp3) is 0.600. The van der Waals surface area contributed by atoms with Crippen LogP contribution in [0.1, 0.15) is 0 Å². The Hall–Kier alpha value is -0.860. The van der Waals surface area contributed by atoms with Gasteiger partial charge in [-0.3, -0.25) is 4.79 Å². The largest absolute Gasteiger partial charge is 0.327 e. The van der Waals surface area contributed by atoms with Crippen molar-refractivity contribution < 1.29 is 9.59 Å². The Kier molecular flexibility index (Phi) is 0.477. The third-order valence-electron chi connectivity index (χ3n) is 1.79. The molecule has 0 bridgehead atoms. The first-order chi connectivity index (χ1) is 3.84. The molecular weight excluding hydrogens is 106 g/mol. The average Bonchev–Trinajstić information content (AvgIpc) is 2.09. The molecule has 1 amide bonds. The van der Waals surface area contributed by atoms with Gasteiger partial charge in [-0.25, -0.2) is 0 Å². The SMILES string of the molecule is O=C[C@H]1CN2C(=O)C12. The van der Waals surface area contributed by atoms with Gasteiger partial charge >= 0.3 is 0 Å². The highest BCUT2D eigenvalue weighted by Gasteiger charge is 2.60. The molecule has 3 heteroatoms. The lowest BCUT2D eigenvalue weighted by molar-refractivity contribution is -0.113. The number of amides is 1. The molecule has 2 saturated heterocycles. The molecule has 0 N–H and O–H groups in total. The molecule has 0 aromatic heterocycles. The van der Waals surface area contributed by atoms with Crippen molar-refractivity contribution >= 4 is 12.2 Å². The summed E-state index contributed by atoms with van der Waals surface area (Å²) in [7, 11) is 0. The van der Waals surface area contributed by atoms with Gasteiger partial charge in [-0.15, -0.1) is 0 Å². The number of carbonyl (C=O) groups is 2. The van der Waals surface area contributed by atoms with E-state index in [4.69, 9.17) is 0 Å². The van der Waals surface area contributed by atoms with Crippen LogP contribution in [0.5, 0.6) is 0 Å². The Labute approximate surface area is 46.3 Å². The molecular formula is C5H5NO2. The molecule has 1 unspecified atom stereocenters. The number of fused-ring (bicyclic) bond motifs is 1. The number of nitrogens with zero attached hydrogens (tertiary/aromatic N) is 1. The first-order valence-electron chi connectivity index (χ1n) is 2.60. The standard InChI is InChI=1S/C5H5NO2/c7-2-3-1-6-4(3)5(6)8/h2-4H,1H2/t3-,4?,6?/m1/s1. The first kappa shape index (κ1) is 4.06. The minimum absolute atomic E-state index is 0.00694. The summed E-state index contributed by atoms with van der Waals surface area (Å²) in [4.78, 5) is 22.1. The van der Waals surface area contributed by atoms with Gasteiger partial charge in [-0.2, -0.15) is 0 Å². The molecule has 0 radical (unpaired) electrons. The summed E-state index contributed by atoms with van der Waals surface area (Å²) in [6.07, 6.45) is 0.867. The predicted octanol–water partition coefficient (Wildman–Crippen LogP) is -0.974. The van der Waals surface area contributed by atoms with Crippen LogP contribution in [0.15, 0.2) is 0 Å². The first-order valence-corrected chi connectivity index (χ1v) is 2.60. The molecule has 2 fully saturated rings. The Morgan fingerprint density at radius 1 is 1.75 bits per heavy atom. The summed E-state index contributed by atoms with van der Waals surface area (Å²) in [5.41, 5.74) is 0. The van der Waals surface area contributed by atoms with Crippen LogP contribution in [0.4, 0.5) is 0 Å². The topological polar surface area (TPSA) is 37.1 Å². The van der Waals surface area contributed by atoms with E-state index in [2.05, 4.69) is 0 Å². The second kappa shape index (κ2) is 0.940. The Morgan fingerprint density at radius 3 is 2.62 bits per heavy atom. The molecule has 2 rings (SSSR count). The molecule has 0 saturated carbocycles. The monoisotopic (exact) mass is 111 g/mol. The van der Waals surface area contributed by atoms with E-state index in [1.54, 1.807) is 4.90 Å². The molecule has 2 aliphatic rings. The van der Waals surface area contributed by atoms with Gasteiger partial charge < -0.3 is 9.69 Å². The fourth-order valence-corrected chi connectivity index (χ4v) is 1.15. The molecule has 2 atom stereocenters. The summed E-state index contributed by atoms with van der Waals surface area (Å²) in [6.45, 7) is 0.674. The number of aldehydes is 1. The van der Waals surface area contributed by atoms with Crippen molar-refractivity contribution in [2.45, 2.75) is 6.04 Å². The van der Waals surface area contributed by atoms with Crippen LogP contribution in [0.3, 0.4) is 0 Å². The molecule has 2 aliphatic heterocycles. The second-order valence-electron chi connectivity index (χ2n) is 2.24. The van der Waals surface area contributed by atoms with Gasteiger partial charge in [0.2, 0.25) is 5.91 Å². The van der Waals surface area contributed by atoms with Gasteiger partial charge in [0, 0.05) is 6.54 Å². The molecule has 0 spiro atoms. The Bertz CT molecular complexity index is 166. The van der Waals surface area contributed by atoms with Crippen molar-refractivity contribution in [2.24, 2.45) is 5.92 Å². The highest BCUT2D eigenvalue weighted by atomic mass is 16.2. The van der Waals surface area contributed by atoms with Crippen molar-refractivity contribution in [3.63, 3.8) is 0 Å². The quantitative estimate of drug-likeness (QED) is 0.322. The van der Waals surface area contributed by atoms with Gasteiger partial charge in [0.05, 0.1) is 5.92 Å². The van der Waals surface area contributed by atoms with Gasteiger partial charge in [-0.05, 0) is 0 Å².